The van der Waals surface area contributed by atoms with E-state index in [0.717, 1.165) is 25.0 Å². The van der Waals surface area contributed by atoms with E-state index in [-0.39, 0.29) is 18.0 Å². The predicted molar refractivity (Wildman–Crippen MR) is 111 cm³/mol. The van der Waals surface area contributed by atoms with Gasteiger partial charge in [-0.15, -0.1) is 0 Å². The molecule has 0 unspecified atom stereocenters. The smallest absolute Gasteiger partial charge is 0.290 e. The van der Waals surface area contributed by atoms with E-state index in [9.17, 15) is 4.79 Å². The molecule has 0 radical (unpaired) electrons. The average Bonchev–Trinajstić information content (AvgIpc) is 3.27. The topological polar surface area (TPSA) is 106 Å². The highest BCUT2D eigenvalue weighted by Crippen LogP contribution is 2.42. The Bertz CT molecular complexity index is 1090. The van der Waals surface area contributed by atoms with Gasteiger partial charge < -0.3 is 19.5 Å². The number of hydrogen-bond donors (Lipinski definition) is 1. The SMILES string of the molecule is COc1ccc2c(c1)CCOC21CCN(C(=O)c2ccn3ncnc3c2)CC1.O=CO. The molecule has 3 aromatic rings. The van der Waals surface area contributed by atoms with Gasteiger partial charge in [0, 0.05) is 24.8 Å². The first-order chi connectivity index (χ1) is 15.1. The van der Waals surface area contributed by atoms with Crippen LogP contribution < -0.4 is 4.74 Å². The second-order valence-electron chi connectivity index (χ2n) is 7.49. The number of pyridine rings is 1. The highest BCUT2D eigenvalue weighted by Gasteiger charge is 2.41. The number of carboxylic acid groups (broad SMARTS) is 1. The van der Waals surface area contributed by atoms with E-state index < -0.39 is 0 Å². The second kappa shape index (κ2) is 8.73. The number of fused-ring (bicyclic) bond motifs is 3. The Morgan fingerprint density at radius 3 is 2.77 bits per heavy atom. The first-order valence-electron chi connectivity index (χ1n) is 10.1. The standard InChI is InChI=1S/C21H22N4O3.CH2O2/c1-27-17-2-3-18-15(12-17)5-11-28-21(18)6-9-24(10-7-21)20(26)16-4-8-25-19(13-16)22-14-23-25;2-1-3/h2-4,8,12-14H,5-7,9-11H2,1H3;1H,(H,2,3). The van der Waals surface area contributed by atoms with Crippen LogP contribution in [0.15, 0.2) is 42.9 Å². The number of hydrogen-bond acceptors (Lipinski definition) is 6. The van der Waals surface area contributed by atoms with Gasteiger partial charge in [-0.25, -0.2) is 9.50 Å². The van der Waals surface area contributed by atoms with E-state index in [1.54, 1.807) is 30.0 Å². The number of piperidine rings is 1. The van der Waals surface area contributed by atoms with Gasteiger partial charge in [-0.3, -0.25) is 9.59 Å². The van der Waals surface area contributed by atoms with Crippen molar-refractivity contribution in [3.05, 3.63) is 59.5 Å². The fourth-order valence-corrected chi connectivity index (χ4v) is 4.40. The number of carbonyl (C=O) groups excluding carboxylic acids is 1. The predicted octanol–water partition coefficient (Wildman–Crippen LogP) is 2.14. The lowest BCUT2D eigenvalue weighted by Gasteiger charge is -2.45. The minimum Gasteiger partial charge on any atom is -0.497 e. The fraction of sp³-hybridized carbons (Fsp3) is 0.364. The molecule has 2 aromatic heterocycles. The summed E-state index contributed by atoms with van der Waals surface area (Å²) in [6, 6.07) is 9.83. The van der Waals surface area contributed by atoms with Crippen molar-refractivity contribution in [3.8, 4) is 5.75 Å². The summed E-state index contributed by atoms with van der Waals surface area (Å²) in [5.74, 6) is 0.915. The van der Waals surface area contributed by atoms with E-state index >= 15 is 0 Å². The van der Waals surface area contributed by atoms with Crippen molar-refractivity contribution in [2.24, 2.45) is 0 Å². The van der Waals surface area contributed by atoms with Crippen molar-refractivity contribution in [3.63, 3.8) is 0 Å². The van der Waals surface area contributed by atoms with Crippen LogP contribution in [0.4, 0.5) is 0 Å². The van der Waals surface area contributed by atoms with Crippen molar-refractivity contribution in [2.45, 2.75) is 24.9 Å². The minimum atomic E-state index is -0.298. The molecular weight excluding hydrogens is 400 g/mol. The Morgan fingerprint density at radius 2 is 2.03 bits per heavy atom. The van der Waals surface area contributed by atoms with Gasteiger partial charge in [-0.2, -0.15) is 5.10 Å². The van der Waals surface area contributed by atoms with Crippen LogP contribution in [0.1, 0.15) is 34.3 Å². The lowest BCUT2D eigenvalue weighted by molar-refractivity contribution is -0.122. The summed E-state index contributed by atoms with van der Waals surface area (Å²) in [4.78, 5) is 27.4. The maximum Gasteiger partial charge on any atom is 0.290 e. The molecule has 162 valence electrons. The number of carbonyl (C=O) groups is 2. The quantitative estimate of drug-likeness (QED) is 0.628. The monoisotopic (exact) mass is 424 g/mol. The molecule has 1 aromatic carbocycles. The van der Waals surface area contributed by atoms with Crippen molar-refractivity contribution < 1.29 is 24.2 Å². The zero-order chi connectivity index (χ0) is 21.8. The molecule has 0 aliphatic carbocycles. The Labute approximate surface area is 179 Å². The van der Waals surface area contributed by atoms with E-state index in [4.69, 9.17) is 19.4 Å². The molecule has 5 rings (SSSR count). The van der Waals surface area contributed by atoms with Gasteiger partial charge in [-0.05, 0) is 54.7 Å². The van der Waals surface area contributed by atoms with Crippen LogP contribution in [0.2, 0.25) is 0 Å². The van der Waals surface area contributed by atoms with Crippen LogP contribution in [0.3, 0.4) is 0 Å². The third kappa shape index (κ3) is 3.96. The van der Waals surface area contributed by atoms with Gasteiger partial charge in [0.25, 0.3) is 12.4 Å². The molecule has 9 heteroatoms. The molecule has 0 bridgehead atoms. The molecular formula is C22H24N4O5. The summed E-state index contributed by atoms with van der Waals surface area (Å²) >= 11 is 0. The van der Waals surface area contributed by atoms with Gasteiger partial charge in [-0.1, -0.05) is 6.07 Å². The number of aromatic nitrogens is 3. The van der Waals surface area contributed by atoms with Gasteiger partial charge in [0.1, 0.15) is 12.1 Å². The number of likely N-dealkylation sites (tertiary alicyclic amines) is 1. The molecule has 2 aliphatic heterocycles. The summed E-state index contributed by atoms with van der Waals surface area (Å²) in [7, 11) is 1.69. The summed E-state index contributed by atoms with van der Waals surface area (Å²) in [5, 5.41) is 11.0. The summed E-state index contributed by atoms with van der Waals surface area (Å²) in [6.45, 7) is 1.79. The first-order valence-corrected chi connectivity index (χ1v) is 10.1. The number of ether oxygens (including phenoxy) is 2. The molecule has 2 aliphatic rings. The number of nitrogens with zero attached hydrogens (tertiary/aromatic N) is 4. The van der Waals surface area contributed by atoms with Crippen molar-refractivity contribution in [1.82, 2.24) is 19.5 Å². The Hall–Kier alpha value is -3.46. The van der Waals surface area contributed by atoms with Crippen LogP contribution in [-0.4, -0.2) is 63.8 Å². The van der Waals surface area contributed by atoms with Crippen molar-refractivity contribution in [2.75, 3.05) is 26.8 Å². The zero-order valence-electron chi connectivity index (χ0n) is 17.2. The third-order valence-corrected chi connectivity index (χ3v) is 5.94. The lowest BCUT2D eigenvalue weighted by atomic mass is 9.79. The van der Waals surface area contributed by atoms with E-state index in [0.29, 0.717) is 30.9 Å². The molecule has 0 atom stereocenters. The van der Waals surface area contributed by atoms with Gasteiger partial charge in [0.15, 0.2) is 5.65 Å². The molecule has 31 heavy (non-hydrogen) atoms. The molecule has 4 heterocycles. The number of benzene rings is 1. The van der Waals surface area contributed by atoms with Gasteiger partial charge >= 0.3 is 0 Å². The summed E-state index contributed by atoms with van der Waals surface area (Å²) in [6.07, 6.45) is 5.75. The highest BCUT2D eigenvalue weighted by atomic mass is 16.5. The Kier molecular flexibility index (Phi) is 5.85. The molecule has 0 saturated carbocycles. The molecule has 1 N–H and O–H groups in total. The summed E-state index contributed by atoms with van der Waals surface area (Å²) < 4.78 is 13.3. The molecule has 9 nitrogen and oxygen atoms in total. The molecule has 1 saturated heterocycles. The zero-order valence-corrected chi connectivity index (χ0v) is 17.2. The van der Waals surface area contributed by atoms with Crippen LogP contribution in [0.25, 0.3) is 5.65 Å². The van der Waals surface area contributed by atoms with Crippen LogP contribution in [0, 0.1) is 0 Å². The fourth-order valence-electron chi connectivity index (χ4n) is 4.40. The van der Waals surface area contributed by atoms with Crippen molar-refractivity contribution in [1.29, 1.82) is 0 Å². The van der Waals surface area contributed by atoms with Crippen LogP contribution in [0.5, 0.6) is 5.75 Å². The van der Waals surface area contributed by atoms with Crippen LogP contribution >= 0.6 is 0 Å². The number of methoxy groups -OCH3 is 1. The lowest BCUT2D eigenvalue weighted by Crippen LogP contribution is -2.48. The van der Waals surface area contributed by atoms with Crippen LogP contribution in [-0.2, 0) is 21.6 Å². The maximum atomic E-state index is 13.0. The molecule has 1 amide bonds. The number of rotatable bonds is 2. The van der Waals surface area contributed by atoms with Gasteiger partial charge in [0.2, 0.25) is 0 Å². The molecule has 1 spiro atoms. The largest absolute Gasteiger partial charge is 0.497 e. The normalized spacial score (nSPS) is 16.9. The molecule has 1 fully saturated rings. The maximum absolute atomic E-state index is 13.0. The van der Waals surface area contributed by atoms with Gasteiger partial charge in [0.05, 0.1) is 19.3 Å². The average molecular weight is 424 g/mol. The van der Waals surface area contributed by atoms with E-state index in [2.05, 4.69) is 22.2 Å². The Balaban J connectivity index is 0.000000730. The first kappa shape index (κ1) is 20.8. The van der Waals surface area contributed by atoms with E-state index in [1.165, 1.54) is 17.5 Å². The number of amides is 1. The van der Waals surface area contributed by atoms with Crippen molar-refractivity contribution >= 4 is 18.0 Å². The Morgan fingerprint density at radius 1 is 1.26 bits per heavy atom. The third-order valence-electron chi connectivity index (χ3n) is 5.94. The minimum absolute atomic E-state index is 0.0334. The second-order valence-corrected chi connectivity index (χ2v) is 7.49. The summed E-state index contributed by atoms with van der Waals surface area (Å²) in [5.41, 5.74) is 3.57. The van der Waals surface area contributed by atoms with E-state index in [1.807, 2.05) is 11.0 Å². The highest BCUT2D eigenvalue weighted by molar-refractivity contribution is 5.95.